The van der Waals surface area contributed by atoms with Gasteiger partial charge in [0.05, 0.1) is 12.5 Å². The molecule has 1 aromatic carbocycles. The number of rotatable bonds is 6. The fraction of sp³-hybridized carbons (Fsp3) is 0.606. The summed E-state index contributed by atoms with van der Waals surface area (Å²) in [5.74, 6) is -2.46. The Balaban J connectivity index is 1.74. The van der Waals surface area contributed by atoms with Gasteiger partial charge in [0.2, 0.25) is 0 Å². The summed E-state index contributed by atoms with van der Waals surface area (Å²) in [5.41, 5.74) is -2.47. The van der Waals surface area contributed by atoms with Crippen LogP contribution in [0.15, 0.2) is 53.6 Å². The molecule has 9 nitrogen and oxygen atoms in total. The molecule has 2 bridgehead atoms. The van der Waals surface area contributed by atoms with E-state index in [0.717, 1.165) is 5.56 Å². The SMILES string of the molecule is C=C1[C@@H](OC(=O)CC(c2ccccc2)N(C)C)CC[C@@]2(C)[C@@H](O)[C@H](O)C3=C(C)C(=O)C[C@@](O)([C@@H](OC(C)=O)[C@H]12)C3(C)C. The van der Waals surface area contributed by atoms with Crippen molar-refractivity contribution in [2.75, 3.05) is 14.1 Å². The van der Waals surface area contributed by atoms with Crippen molar-refractivity contribution in [2.45, 2.75) is 96.4 Å². The van der Waals surface area contributed by atoms with Crippen molar-refractivity contribution in [3.05, 3.63) is 59.2 Å². The highest BCUT2D eigenvalue weighted by atomic mass is 16.6. The van der Waals surface area contributed by atoms with Gasteiger partial charge in [-0.3, -0.25) is 14.4 Å². The Kier molecular flexibility index (Phi) is 8.66. The predicted octanol–water partition coefficient (Wildman–Crippen LogP) is 3.28. The lowest BCUT2D eigenvalue weighted by Gasteiger charge is -2.61. The summed E-state index contributed by atoms with van der Waals surface area (Å²) in [6, 6.07) is 9.41. The largest absolute Gasteiger partial charge is 0.459 e. The Morgan fingerprint density at radius 2 is 1.74 bits per heavy atom. The third-order valence-corrected chi connectivity index (χ3v) is 10.3. The molecule has 2 fully saturated rings. The maximum absolute atomic E-state index is 13.3. The van der Waals surface area contributed by atoms with Gasteiger partial charge in [-0.2, -0.15) is 0 Å². The molecule has 2 saturated carbocycles. The van der Waals surface area contributed by atoms with E-state index >= 15 is 0 Å². The third-order valence-electron chi connectivity index (χ3n) is 10.3. The van der Waals surface area contributed by atoms with Crippen LogP contribution in [0.4, 0.5) is 0 Å². The molecule has 3 N–H and O–H groups in total. The maximum Gasteiger partial charge on any atom is 0.308 e. The van der Waals surface area contributed by atoms with Crippen LogP contribution in [0.1, 0.15) is 71.9 Å². The number of hydrogen-bond acceptors (Lipinski definition) is 9. The zero-order valence-corrected chi connectivity index (χ0v) is 25.7. The molecule has 3 aliphatic rings. The van der Waals surface area contributed by atoms with Crippen LogP contribution in [0.2, 0.25) is 0 Å². The highest BCUT2D eigenvalue weighted by Crippen LogP contribution is 2.60. The number of ketones is 1. The van der Waals surface area contributed by atoms with Crippen LogP contribution in [0, 0.1) is 16.7 Å². The zero-order chi connectivity index (χ0) is 31.4. The van der Waals surface area contributed by atoms with E-state index in [9.17, 15) is 29.7 Å². The molecule has 8 atom stereocenters. The fourth-order valence-corrected chi connectivity index (χ4v) is 7.69. The minimum atomic E-state index is -1.93. The normalized spacial score (nSPS) is 35.2. The molecule has 3 aliphatic carbocycles. The van der Waals surface area contributed by atoms with Gasteiger partial charge in [0, 0.05) is 36.1 Å². The summed E-state index contributed by atoms with van der Waals surface area (Å²) in [7, 11) is 3.78. The summed E-state index contributed by atoms with van der Waals surface area (Å²) in [4.78, 5) is 41.0. The molecule has 230 valence electrons. The lowest BCUT2D eigenvalue weighted by molar-refractivity contribution is -0.228. The summed E-state index contributed by atoms with van der Waals surface area (Å²) in [6.07, 6.45) is -4.62. The second-order valence-corrected chi connectivity index (χ2v) is 13.3. The smallest absolute Gasteiger partial charge is 0.308 e. The number of esters is 2. The molecule has 0 aliphatic heterocycles. The molecular weight excluding hydrogens is 538 g/mol. The van der Waals surface area contributed by atoms with E-state index in [1.807, 2.05) is 49.3 Å². The average molecular weight is 584 g/mol. The monoisotopic (exact) mass is 583 g/mol. The number of aliphatic hydroxyl groups is 3. The van der Waals surface area contributed by atoms with Gasteiger partial charge in [0.1, 0.15) is 23.9 Å². The molecule has 0 saturated heterocycles. The van der Waals surface area contributed by atoms with E-state index in [0.29, 0.717) is 12.0 Å². The van der Waals surface area contributed by atoms with Gasteiger partial charge in [0.25, 0.3) is 0 Å². The van der Waals surface area contributed by atoms with Crippen molar-refractivity contribution in [3.63, 3.8) is 0 Å². The molecule has 1 aromatic rings. The Bertz CT molecular complexity index is 1290. The van der Waals surface area contributed by atoms with Crippen LogP contribution in [0.25, 0.3) is 0 Å². The lowest BCUT2D eigenvalue weighted by atomic mass is 9.48. The summed E-state index contributed by atoms with van der Waals surface area (Å²) in [5, 5.41) is 35.7. The van der Waals surface area contributed by atoms with Gasteiger partial charge in [-0.05, 0) is 56.1 Å². The Hall–Kier alpha value is -2.85. The van der Waals surface area contributed by atoms with Crippen molar-refractivity contribution < 1.29 is 39.2 Å². The Morgan fingerprint density at radius 3 is 2.31 bits per heavy atom. The van der Waals surface area contributed by atoms with Crippen LogP contribution in [0.5, 0.6) is 0 Å². The quantitative estimate of drug-likeness (QED) is 0.341. The van der Waals surface area contributed by atoms with Gasteiger partial charge in [0.15, 0.2) is 5.78 Å². The first-order valence-corrected chi connectivity index (χ1v) is 14.6. The predicted molar refractivity (Wildman–Crippen MR) is 156 cm³/mol. The Labute approximate surface area is 248 Å². The first kappa shape index (κ1) is 32.1. The van der Waals surface area contributed by atoms with E-state index in [1.54, 1.807) is 27.7 Å². The van der Waals surface area contributed by atoms with Crippen molar-refractivity contribution in [2.24, 2.45) is 16.7 Å². The second-order valence-electron chi connectivity index (χ2n) is 13.3. The van der Waals surface area contributed by atoms with E-state index in [1.165, 1.54) is 6.92 Å². The molecule has 9 heteroatoms. The molecule has 0 spiro atoms. The van der Waals surface area contributed by atoms with Crippen LogP contribution >= 0.6 is 0 Å². The number of ether oxygens (including phenoxy) is 2. The maximum atomic E-state index is 13.3. The summed E-state index contributed by atoms with van der Waals surface area (Å²) >= 11 is 0. The number of aliphatic hydroxyl groups excluding tert-OH is 2. The number of fused-ring (bicyclic) bond motifs is 3. The minimum Gasteiger partial charge on any atom is -0.459 e. The number of allylic oxidation sites excluding steroid dienone is 1. The molecule has 0 radical (unpaired) electrons. The van der Waals surface area contributed by atoms with Crippen LogP contribution in [-0.2, 0) is 23.9 Å². The third kappa shape index (κ3) is 5.14. The van der Waals surface area contributed by atoms with E-state index in [2.05, 4.69) is 6.58 Å². The highest BCUT2D eigenvalue weighted by Gasteiger charge is 2.67. The molecular formula is C33H45NO8. The fourth-order valence-electron chi connectivity index (χ4n) is 7.69. The second kappa shape index (κ2) is 11.3. The van der Waals surface area contributed by atoms with Crippen molar-refractivity contribution in [1.82, 2.24) is 4.90 Å². The molecule has 4 rings (SSSR count). The lowest BCUT2D eigenvalue weighted by Crippen LogP contribution is -2.70. The van der Waals surface area contributed by atoms with Crippen LogP contribution in [-0.4, -0.2) is 82.1 Å². The zero-order valence-electron chi connectivity index (χ0n) is 25.7. The van der Waals surface area contributed by atoms with Gasteiger partial charge < -0.3 is 29.7 Å². The number of nitrogens with zero attached hydrogens (tertiary/aromatic N) is 1. The molecule has 1 unspecified atom stereocenters. The van der Waals surface area contributed by atoms with Gasteiger partial charge in [-0.1, -0.05) is 57.7 Å². The molecule has 0 amide bonds. The molecule has 0 aromatic heterocycles. The van der Waals surface area contributed by atoms with E-state index in [4.69, 9.17) is 9.47 Å². The first-order chi connectivity index (χ1) is 19.5. The first-order valence-electron chi connectivity index (χ1n) is 14.6. The topological polar surface area (TPSA) is 134 Å². The van der Waals surface area contributed by atoms with Crippen molar-refractivity contribution >= 4 is 17.7 Å². The number of Topliss-reactive ketones (excluding diaryl/α,β-unsaturated/α-hetero) is 1. The van der Waals surface area contributed by atoms with Crippen molar-refractivity contribution in [3.8, 4) is 0 Å². The van der Waals surface area contributed by atoms with Gasteiger partial charge >= 0.3 is 11.9 Å². The molecule has 0 heterocycles. The van der Waals surface area contributed by atoms with Gasteiger partial charge in [-0.25, -0.2) is 0 Å². The summed E-state index contributed by atoms with van der Waals surface area (Å²) in [6.45, 7) is 12.2. The number of hydrogen-bond donors (Lipinski definition) is 3. The van der Waals surface area contributed by atoms with Gasteiger partial charge in [-0.15, -0.1) is 0 Å². The summed E-state index contributed by atoms with van der Waals surface area (Å²) < 4.78 is 11.9. The number of carbonyl (C=O) groups excluding carboxylic acids is 3. The average Bonchev–Trinajstić information content (AvgIpc) is 2.91. The van der Waals surface area contributed by atoms with E-state index in [-0.39, 0.29) is 36.5 Å². The Morgan fingerprint density at radius 1 is 1.12 bits per heavy atom. The van der Waals surface area contributed by atoms with Crippen LogP contribution < -0.4 is 0 Å². The van der Waals surface area contributed by atoms with E-state index < -0.39 is 64.5 Å². The number of carbonyl (C=O) groups is 3. The minimum absolute atomic E-state index is 0.0797. The van der Waals surface area contributed by atoms with Crippen LogP contribution in [0.3, 0.4) is 0 Å². The van der Waals surface area contributed by atoms with Crippen molar-refractivity contribution in [1.29, 1.82) is 0 Å². The number of benzene rings is 1. The standard InChI is InChI=1S/C33H45NO8/c1-18-23(36)17-33(40)30(41-20(3)35)27-19(2)24(14-15-32(27,6)29(39)28(38)26(18)31(33,4)5)42-25(37)16-22(34(7)8)21-12-10-9-11-13-21/h9-13,22,24,27-30,38-40H,2,14-17H2,1,3-8H3/t22?,24-,27-,28+,29-,30-,32+,33+/m0/s1. The molecule has 42 heavy (non-hydrogen) atoms. The highest BCUT2D eigenvalue weighted by molar-refractivity contribution is 5.98.